The van der Waals surface area contributed by atoms with Crippen LogP contribution in [0.15, 0.2) is 42.6 Å². The van der Waals surface area contributed by atoms with Gasteiger partial charge < -0.3 is 19.9 Å². The number of rotatable bonds is 4. The van der Waals surface area contributed by atoms with Crippen molar-refractivity contribution in [3.63, 3.8) is 0 Å². The van der Waals surface area contributed by atoms with Crippen molar-refractivity contribution in [2.24, 2.45) is 0 Å². The second-order valence-corrected chi connectivity index (χ2v) is 11.1. The average molecular weight is 496 g/mol. The first kappa shape index (κ1) is 22.9. The van der Waals surface area contributed by atoms with Crippen LogP contribution in [0.3, 0.4) is 0 Å². The Hall–Kier alpha value is -3.25. The SMILES string of the molecule is CC1CN(c2ccc(C#N)c3ncccc23)CC(CN2CC3(CCN3c3ccc4c(n3)CCNC4)C2)O1. The zero-order valence-electron chi connectivity index (χ0n) is 21.4. The molecule has 190 valence electrons. The number of ether oxygens (including phenoxy) is 1. The number of hydrogen-bond acceptors (Lipinski definition) is 8. The van der Waals surface area contributed by atoms with Crippen molar-refractivity contribution in [3.05, 3.63) is 59.4 Å². The third-order valence-corrected chi connectivity index (χ3v) is 8.59. The largest absolute Gasteiger partial charge is 0.370 e. The van der Waals surface area contributed by atoms with E-state index >= 15 is 0 Å². The molecule has 0 amide bonds. The maximum Gasteiger partial charge on any atom is 0.129 e. The molecule has 8 heteroatoms. The maximum absolute atomic E-state index is 9.53. The van der Waals surface area contributed by atoms with Crippen LogP contribution in [-0.2, 0) is 17.7 Å². The van der Waals surface area contributed by atoms with Gasteiger partial charge in [0.1, 0.15) is 11.9 Å². The fourth-order valence-electron chi connectivity index (χ4n) is 6.77. The van der Waals surface area contributed by atoms with E-state index in [0.29, 0.717) is 5.56 Å². The number of nitriles is 1. The van der Waals surface area contributed by atoms with E-state index in [4.69, 9.17) is 9.72 Å². The number of likely N-dealkylation sites (tertiary alicyclic amines) is 1. The lowest BCUT2D eigenvalue weighted by Crippen LogP contribution is -2.78. The van der Waals surface area contributed by atoms with Crippen LogP contribution in [0.5, 0.6) is 0 Å². The van der Waals surface area contributed by atoms with Gasteiger partial charge >= 0.3 is 0 Å². The lowest BCUT2D eigenvalue weighted by molar-refractivity contribution is -0.0633. The topological polar surface area (TPSA) is 80.6 Å². The molecule has 0 aliphatic carbocycles. The van der Waals surface area contributed by atoms with Crippen LogP contribution in [0.4, 0.5) is 11.5 Å². The molecule has 0 saturated carbocycles. The van der Waals surface area contributed by atoms with Gasteiger partial charge in [0.15, 0.2) is 0 Å². The van der Waals surface area contributed by atoms with Gasteiger partial charge in [-0.1, -0.05) is 6.07 Å². The first-order valence-corrected chi connectivity index (χ1v) is 13.5. The molecule has 1 spiro atoms. The Bertz CT molecular complexity index is 1380. The number of nitrogens with zero attached hydrogens (tertiary/aromatic N) is 6. The summed E-state index contributed by atoms with van der Waals surface area (Å²) in [6, 6.07) is 14.8. The number of anilines is 2. The van der Waals surface area contributed by atoms with Crippen LogP contribution >= 0.6 is 0 Å². The van der Waals surface area contributed by atoms with E-state index in [9.17, 15) is 5.26 Å². The first-order chi connectivity index (χ1) is 18.1. The number of benzene rings is 1. The van der Waals surface area contributed by atoms with E-state index in [-0.39, 0.29) is 17.7 Å². The Morgan fingerprint density at radius 3 is 2.95 bits per heavy atom. The van der Waals surface area contributed by atoms with Gasteiger partial charge in [0.2, 0.25) is 0 Å². The molecule has 7 rings (SSSR count). The molecule has 1 N–H and O–H groups in total. The summed E-state index contributed by atoms with van der Waals surface area (Å²) in [7, 11) is 0. The van der Waals surface area contributed by atoms with Crippen molar-refractivity contribution in [1.29, 1.82) is 5.26 Å². The van der Waals surface area contributed by atoms with E-state index in [1.165, 1.54) is 17.7 Å². The van der Waals surface area contributed by atoms with Crippen LogP contribution in [0.1, 0.15) is 30.2 Å². The summed E-state index contributed by atoms with van der Waals surface area (Å²) in [5, 5.41) is 14.0. The molecule has 6 heterocycles. The number of pyridine rings is 2. The molecule has 1 aromatic carbocycles. The molecular formula is C29H33N7O. The van der Waals surface area contributed by atoms with Crippen LogP contribution in [0.2, 0.25) is 0 Å². The van der Waals surface area contributed by atoms with Crippen LogP contribution in [0.25, 0.3) is 10.9 Å². The highest BCUT2D eigenvalue weighted by atomic mass is 16.5. The summed E-state index contributed by atoms with van der Waals surface area (Å²) in [6.07, 6.45) is 4.31. The molecule has 3 fully saturated rings. The highest BCUT2D eigenvalue weighted by Crippen LogP contribution is 2.42. The summed E-state index contributed by atoms with van der Waals surface area (Å²) in [5.41, 5.74) is 5.39. The Balaban J connectivity index is 1.03. The summed E-state index contributed by atoms with van der Waals surface area (Å²) >= 11 is 0. The van der Waals surface area contributed by atoms with Gasteiger partial charge in [0, 0.05) is 81.7 Å². The van der Waals surface area contributed by atoms with Crippen molar-refractivity contribution < 1.29 is 4.74 Å². The highest BCUT2D eigenvalue weighted by molar-refractivity contribution is 5.95. The van der Waals surface area contributed by atoms with Crippen molar-refractivity contribution >= 4 is 22.4 Å². The summed E-state index contributed by atoms with van der Waals surface area (Å²) < 4.78 is 6.41. The van der Waals surface area contributed by atoms with Gasteiger partial charge in [-0.15, -0.1) is 0 Å². The fourth-order valence-corrected chi connectivity index (χ4v) is 6.77. The number of nitrogens with one attached hydrogen (secondary N) is 1. The molecule has 2 unspecified atom stereocenters. The zero-order chi connectivity index (χ0) is 25.0. The average Bonchev–Trinajstić information content (AvgIpc) is 2.88. The predicted octanol–water partition coefficient (Wildman–Crippen LogP) is 2.71. The van der Waals surface area contributed by atoms with Crippen LogP contribution < -0.4 is 15.1 Å². The van der Waals surface area contributed by atoms with Gasteiger partial charge in [0.05, 0.1) is 28.8 Å². The van der Waals surface area contributed by atoms with E-state index < -0.39 is 0 Å². The Morgan fingerprint density at radius 1 is 1.19 bits per heavy atom. The van der Waals surface area contributed by atoms with E-state index in [0.717, 1.165) is 81.2 Å². The lowest BCUT2D eigenvalue weighted by Gasteiger charge is -2.63. The molecule has 3 saturated heterocycles. The highest BCUT2D eigenvalue weighted by Gasteiger charge is 2.54. The molecular weight excluding hydrogens is 462 g/mol. The molecule has 2 aromatic heterocycles. The normalized spacial score (nSPS) is 24.9. The van der Waals surface area contributed by atoms with Crippen molar-refractivity contribution in [3.8, 4) is 6.07 Å². The second-order valence-electron chi connectivity index (χ2n) is 11.1. The molecule has 2 atom stereocenters. The quantitative estimate of drug-likeness (QED) is 0.592. The number of hydrogen-bond donors (Lipinski definition) is 1. The minimum absolute atomic E-state index is 0.144. The molecule has 4 aliphatic rings. The second kappa shape index (κ2) is 8.95. The number of fused-ring (bicyclic) bond motifs is 2. The number of morpholine rings is 1. The molecule has 4 aliphatic heterocycles. The van der Waals surface area contributed by atoms with Gasteiger partial charge in [-0.25, -0.2) is 4.98 Å². The van der Waals surface area contributed by atoms with E-state index in [2.05, 4.69) is 62.3 Å². The molecule has 8 nitrogen and oxygen atoms in total. The molecule has 3 aromatic rings. The molecule has 0 bridgehead atoms. The third kappa shape index (κ3) is 3.93. The van der Waals surface area contributed by atoms with Gasteiger partial charge in [-0.05, 0) is 49.2 Å². The fraction of sp³-hybridized carbons (Fsp3) is 0.483. The zero-order valence-corrected chi connectivity index (χ0v) is 21.4. The summed E-state index contributed by atoms with van der Waals surface area (Å²) in [5.74, 6) is 1.15. The summed E-state index contributed by atoms with van der Waals surface area (Å²) in [4.78, 5) is 17.1. The monoisotopic (exact) mass is 495 g/mol. The standard InChI is InChI=1S/C29H33N7O/c1-20-15-35(26-6-4-21(13-30)28-24(26)3-2-10-32-28)17-23(37-20)16-34-18-29(19-34)9-12-36(29)27-7-5-22-14-31-11-8-25(22)33-27/h2-7,10,20,23,31H,8-9,11-12,14-19H2,1H3. The minimum Gasteiger partial charge on any atom is -0.370 e. The van der Waals surface area contributed by atoms with Crippen molar-refractivity contribution in [2.45, 2.75) is 44.1 Å². The van der Waals surface area contributed by atoms with Gasteiger partial charge in [-0.3, -0.25) is 9.88 Å². The van der Waals surface area contributed by atoms with Gasteiger partial charge in [0.25, 0.3) is 0 Å². The maximum atomic E-state index is 9.53. The summed E-state index contributed by atoms with van der Waals surface area (Å²) in [6.45, 7) is 9.98. The molecule has 0 radical (unpaired) electrons. The third-order valence-electron chi connectivity index (χ3n) is 8.59. The predicted molar refractivity (Wildman–Crippen MR) is 144 cm³/mol. The Morgan fingerprint density at radius 2 is 2.11 bits per heavy atom. The van der Waals surface area contributed by atoms with Crippen LogP contribution in [-0.4, -0.2) is 78.4 Å². The van der Waals surface area contributed by atoms with E-state index in [1.807, 2.05) is 12.1 Å². The Kier molecular flexibility index (Phi) is 5.54. The van der Waals surface area contributed by atoms with Crippen molar-refractivity contribution in [1.82, 2.24) is 20.2 Å². The van der Waals surface area contributed by atoms with E-state index in [1.54, 1.807) is 6.20 Å². The van der Waals surface area contributed by atoms with Crippen LogP contribution in [0, 0.1) is 11.3 Å². The first-order valence-electron chi connectivity index (χ1n) is 13.5. The lowest BCUT2D eigenvalue weighted by atomic mass is 9.77. The van der Waals surface area contributed by atoms with Crippen molar-refractivity contribution in [2.75, 3.05) is 55.6 Å². The smallest absolute Gasteiger partial charge is 0.129 e. The Labute approximate surface area is 217 Å². The number of aromatic nitrogens is 2. The van der Waals surface area contributed by atoms with Gasteiger partial charge in [-0.2, -0.15) is 5.26 Å². The minimum atomic E-state index is 0.144. The molecule has 37 heavy (non-hydrogen) atoms.